The fraction of sp³-hybridized carbons (Fsp3) is 0.537. The zero-order valence-electron chi connectivity index (χ0n) is 29.1. The molecule has 0 unspecified atom stereocenters. The van der Waals surface area contributed by atoms with Gasteiger partial charge in [0, 0.05) is 5.92 Å². The van der Waals surface area contributed by atoms with Gasteiger partial charge in [-0.25, -0.2) is 9.59 Å². The summed E-state index contributed by atoms with van der Waals surface area (Å²) in [4.78, 5) is 37.4. The lowest BCUT2D eigenvalue weighted by Gasteiger charge is -2.34. The van der Waals surface area contributed by atoms with Crippen LogP contribution < -0.4 is 0 Å². The summed E-state index contributed by atoms with van der Waals surface area (Å²) in [6.45, 7) is 8.19. The molecule has 0 spiro atoms. The monoisotopic (exact) mass is 674 g/mol. The molecule has 0 saturated heterocycles. The smallest absolute Gasteiger partial charge is 0.335 e. The molecule has 0 radical (unpaired) electrons. The van der Waals surface area contributed by atoms with Crippen molar-refractivity contribution in [3.05, 3.63) is 84.0 Å². The standard InChI is InChI=1S/C41H54O8/c1-4-5-6-7-30-8-10-31(11-9-30)32-12-14-33(15-13-32)34-16-18-36(19-17-34)41(46)49-38-22-20-35(21-23-38)37(26-47-39(44)28(2)24-42)27-48-40(45)29(3)25-43/h8-15,34-38,42-43H,2-7,16-27H2,1H3. The third-order valence-electron chi connectivity index (χ3n) is 10.3. The minimum atomic E-state index is -0.702. The van der Waals surface area contributed by atoms with Crippen molar-refractivity contribution in [1.82, 2.24) is 0 Å². The van der Waals surface area contributed by atoms with Crippen molar-refractivity contribution in [1.29, 1.82) is 0 Å². The van der Waals surface area contributed by atoms with Gasteiger partial charge in [0.15, 0.2) is 0 Å². The van der Waals surface area contributed by atoms with Crippen LogP contribution in [0.25, 0.3) is 11.1 Å². The van der Waals surface area contributed by atoms with E-state index < -0.39 is 25.2 Å². The number of hydrogen-bond acceptors (Lipinski definition) is 8. The van der Waals surface area contributed by atoms with Crippen LogP contribution in [-0.2, 0) is 35.0 Å². The lowest BCUT2D eigenvalue weighted by molar-refractivity contribution is -0.158. The summed E-state index contributed by atoms with van der Waals surface area (Å²) in [6, 6.07) is 17.9. The number of rotatable bonds is 17. The summed E-state index contributed by atoms with van der Waals surface area (Å²) in [5, 5.41) is 18.3. The molecule has 2 aromatic rings. The first-order chi connectivity index (χ1) is 23.7. The molecule has 266 valence electrons. The normalized spacial score (nSPS) is 20.7. The average Bonchev–Trinajstić information content (AvgIpc) is 3.14. The number of carbonyl (C=O) groups excluding carboxylic acids is 3. The first-order valence-corrected chi connectivity index (χ1v) is 18.0. The van der Waals surface area contributed by atoms with Crippen molar-refractivity contribution >= 4 is 17.9 Å². The van der Waals surface area contributed by atoms with Gasteiger partial charge in [0.2, 0.25) is 0 Å². The predicted molar refractivity (Wildman–Crippen MR) is 190 cm³/mol. The van der Waals surface area contributed by atoms with Gasteiger partial charge in [0.1, 0.15) is 6.10 Å². The van der Waals surface area contributed by atoms with Crippen molar-refractivity contribution in [2.75, 3.05) is 26.4 Å². The van der Waals surface area contributed by atoms with E-state index in [1.807, 2.05) is 0 Å². The Labute approximate surface area is 291 Å². The summed E-state index contributed by atoms with van der Waals surface area (Å²) in [5.41, 5.74) is 5.08. The lowest BCUT2D eigenvalue weighted by Crippen LogP contribution is -2.34. The van der Waals surface area contributed by atoms with Crippen LogP contribution in [-0.4, -0.2) is 60.7 Å². The first kappa shape index (κ1) is 38.1. The number of ether oxygens (including phenoxy) is 3. The Morgan fingerprint density at radius 3 is 1.78 bits per heavy atom. The number of esters is 3. The van der Waals surface area contributed by atoms with Crippen LogP contribution in [0.2, 0.25) is 0 Å². The summed E-state index contributed by atoms with van der Waals surface area (Å²) in [7, 11) is 0. The zero-order valence-corrected chi connectivity index (χ0v) is 29.1. The molecular formula is C41H54O8. The van der Waals surface area contributed by atoms with Gasteiger partial charge in [-0.05, 0) is 98.3 Å². The molecule has 0 aliphatic heterocycles. The van der Waals surface area contributed by atoms with Gasteiger partial charge in [-0.1, -0.05) is 81.5 Å². The Morgan fingerprint density at radius 2 is 1.27 bits per heavy atom. The van der Waals surface area contributed by atoms with Gasteiger partial charge in [-0.3, -0.25) is 4.79 Å². The third-order valence-corrected chi connectivity index (χ3v) is 10.3. The van der Waals surface area contributed by atoms with Crippen LogP contribution in [0, 0.1) is 17.8 Å². The highest BCUT2D eigenvalue weighted by molar-refractivity contribution is 5.88. The van der Waals surface area contributed by atoms with Gasteiger partial charge in [-0.2, -0.15) is 0 Å². The first-order valence-electron chi connectivity index (χ1n) is 18.0. The molecule has 2 aliphatic carbocycles. The molecule has 0 aromatic heterocycles. The Hall–Kier alpha value is -3.75. The molecule has 0 amide bonds. The van der Waals surface area contributed by atoms with Crippen LogP contribution in [0.4, 0.5) is 0 Å². The number of aryl methyl sites for hydroxylation is 1. The Morgan fingerprint density at radius 1 is 0.735 bits per heavy atom. The van der Waals surface area contributed by atoms with Crippen molar-refractivity contribution < 1.29 is 38.8 Å². The van der Waals surface area contributed by atoms with Crippen LogP contribution in [0.1, 0.15) is 94.6 Å². The van der Waals surface area contributed by atoms with Gasteiger partial charge in [-0.15, -0.1) is 0 Å². The number of unbranched alkanes of at least 4 members (excludes halogenated alkanes) is 2. The number of carbonyl (C=O) groups is 3. The molecule has 0 heterocycles. The molecule has 0 atom stereocenters. The second-order valence-electron chi connectivity index (χ2n) is 13.8. The number of benzene rings is 2. The minimum absolute atomic E-state index is 0.00981. The van der Waals surface area contributed by atoms with E-state index in [-0.39, 0.29) is 54.2 Å². The van der Waals surface area contributed by atoms with Crippen LogP contribution in [0.3, 0.4) is 0 Å². The van der Waals surface area contributed by atoms with Gasteiger partial charge in [0.25, 0.3) is 0 Å². The summed E-state index contributed by atoms with van der Waals surface area (Å²) in [5.74, 6) is -1.39. The Balaban J connectivity index is 1.22. The largest absolute Gasteiger partial charge is 0.462 e. The van der Waals surface area contributed by atoms with Crippen LogP contribution in [0.15, 0.2) is 72.8 Å². The van der Waals surface area contributed by atoms with Crippen LogP contribution >= 0.6 is 0 Å². The molecule has 0 bridgehead atoms. The van der Waals surface area contributed by atoms with E-state index in [2.05, 4.69) is 68.6 Å². The van der Waals surface area contributed by atoms with Gasteiger partial charge in [0.05, 0.1) is 43.5 Å². The van der Waals surface area contributed by atoms with Crippen molar-refractivity contribution in [3.8, 4) is 11.1 Å². The van der Waals surface area contributed by atoms with Crippen LogP contribution in [0.5, 0.6) is 0 Å². The second kappa shape index (κ2) is 19.4. The van der Waals surface area contributed by atoms with E-state index in [0.717, 1.165) is 32.1 Å². The molecule has 2 saturated carbocycles. The van der Waals surface area contributed by atoms with Crippen molar-refractivity contribution in [2.24, 2.45) is 17.8 Å². The van der Waals surface area contributed by atoms with Gasteiger partial charge >= 0.3 is 17.9 Å². The molecule has 4 rings (SSSR count). The number of hydrogen-bond donors (Lipinski definition) is 2. The van der Waals surface area contributed by atoms with E-state index >= 15 is 0 Å². The molecule has 8 nitrogen and oxygen atoms in total. The fourth-order valence-corrected chi connectivity index (χ4v) is 7.01. The van der Waals surface area contributed by atoms with Gasteiger partial charge < -0.3 is 24.4 Å². The maximum atomic E-state index is 13.2. The highest BCUT2D eigenvalue weighted by Gasteiger charge is 2.34. The number of aliphatic hydroxyl groups is 2. The number of aliphatic hydroxyl groups excluding tert-OH is 2. The van der Waals surface area contributed by atoms with E-state index in [9.17, 15) is 24.6 Å². The maximum absolute atomic E-state index is 13.2. The summed E-state index contributed by atoms with van der Waals surface area (Å²) >= 11 is 0. The molecule has 2 N–H and O–H groups in total. The highest BCUT2D eigenvalue weighted by Crippen LogP contribution is 2.38. The van der Waals surface area contributed by atoms with E-state index in [4.69, 9.17) is 14.2 Å². The summed E-state index contributed by atoms with van der Waals surface area (Å²) < 4.78 is 16.7. The quantitative estimate of drug-likeness (QED) is 0.0779. The average molecular weight is 675 g/mol. The zero-order chi connectivity index (χ0) is 35.2. The third kappa shape index (κ3) is 11.4. The van der Waals surface area contributed by atoms with E-state index in [1.165, 1.54) is 41.5 Å². The lowest BCUT2D eigenvalue weighted by atomic mass is 9.78. The van der Waals surface area contributed by atoms with Crippen molar-refractivity contribution in [3.63, 3.8) is 0 Å². The molecule has 49 heavy (non-hydrogen) atoms. The maximum Gasteiger partial charge on any atom is 0.335 e. The van der Waals surface area contributed by atoms with E-state index in [0.29, 0.717) is 31.6 Å². The predicted octanol–water partition coefficient (Wildman–Crippen LogP) is 7.26. The minimum Gasteiger partial charge on any atom is -0.462 e. The molecule has 2 fully saturated rings. The highest BCUT2D eigenvalue weighted by atomic mass is 16.6. The molecular weight excluding hydrogens is 620 g/mol. The van der Waals surface area contributed by atoms with E-state index in [1.54, 1.807) is 0 Å². The second-order valence-corrected chi connectivity index (χ2v) is 13.8. The molecule has 2 aliphatic rings. The SMILES string of the molecule is C=C(CO)C(=O)OCC(COC(=O)C(=C)CO)C1CCC(OC(=O)C2CCC(c3ccc(-c4ccc(CCCCC)cc4)cc3)CC2)CC1. The molecule has 2 aromatic carbocycles. The Kier molecular flexibility index (Phi) is 15.1. The molecule has 8 heteroatoms. The summed E-state index contributed by atoms with van der Waals surface area (Å²) in [6.07, 6.45) is 11.0. The topological polar surface area (TPSA) is 119 Å². The van der Waals surface area contributed by atoms with Crippen molar-refractivity contribution in [2.45, 2.75) is 96.0 Å². The Bertz CT molecular complexity index is 1350. The fourth-order valence-electron chi connectivity index (χ4n) is 7.01.